The maximum Gasteiger partial charge on any atom is 0.227 e. The Balaban J connectivity index is 1.47. The van der Waals surface area contributed by atoms with Gasteiger partial charge in [0.15, 0.2) is 0 Å². The second-order valence-electron chi connectivity index (χ2n) is 9.44. The van der Waals surface area contributed by atoms with Crippen LogP contribution in [0.1, 0.15) is 76.0 Å². The van der Waals surface area contributed by atoms with Crippen LogP contribution in [-0.2, 0) is 24.3 Å². The fourth-order valence-corrected chi connectivity index (χ4v) is 6.04. The molecule has 0 saturated heterocycles. The molecular weight excluding hydrogens is 358 g/mol. The minimum Gasteiger partial charge on any atom is -0.344 e. The SMILES string of the molecule is CCCn1c2c(c3cc(NC(=O)C4CCCC4)ccc31)CN(C1CCCC1)CC2. The first-order valence-electron chi connectivity index (χ1n) is 11.9. The van der Waals surface area contributed by atoms with Gasteiger partial charge in [0, 0.05) is 60.3 Å². The van der Waals surface area contributed by atoms with Crippen LogP contribution >= 0.6 is 0 Å². The normalized spacial score (nSPS) is 21.1. The molecule has 1 aliphatic heterocycles. The molecule has 4 nitrogen and oxygen atoms in total. The fraction of sp³-hybridized carbons (Fsp3) is 0.640. The first-order valence-corrected chi connectivity index (χ1v) is 11.9. The molecule has 4 heteroatoms. The molecule has 1 aromatic carbocycles. The third-order valence-electron chi connectivity index (χ3n) is 7.57. The van der Waals surface area contributed by atoms with Gasteiger partial charge in [0.05, 0.1) is 0 Å². The van der Waals surface area contributed by atoms with Crippen LogP contribution in [0.25, 0.3) is 10.9 Å². The molecule has 1 aromatic heterocycles. The van der Waals surface area contributed by atoms with Gasteiger partial charge in [0.1, 0.15) is 0 Å². The van der Waals surface area contributed by atoms with E-state index in [-0.39, 0.29) is 11.8 Å². The van der Waals surface area contributed by atoms with Gasteiger partial charge in [-0.3, -0.25) is 9.69 Å². The molecule has 1 N–H and O–H groups in total. The number of carbonyl (C=O) groups excluding carboxylic acids is 1. The van der Waals surface area contributed by atoms with Gasteiger partial charge < -0.3 is 9.88 Å². The first-order chi connectivity index (χ1) is 14.2. The summed E-state index contributed by atoms with van der Waals surface area (Å²) in [6.45, 7) is 5.63. The van der Waals surface area contributed by atoms with Crippen molar-refractivity contribution in [2.24, 2.45) is 5.92 Å². The molecule has 0 atom stereocenters. The average molecular weight is 394 g/mol. The fourth-order valence-electron chi connectivity index (χ4n) is 6.04. The van der Waals surface area contributed by atoms with Crippen molar-refractivity contribution >= 4 is 22.5 Å². The lowest BCUT2D eigenvalue weighted by atomic mass is 10.0. The summed E-state index contributed by atoms with van der Waals surface area (Å²) < 4.78 is 2.55. The van der Waals surface area contributed by atoms with Crippen LogP contribution in [0.5, 0.6) is 0 Å². The molecule has 1 amide bonds. The number of rotatable bonds is 5. The van der Waals surface area contributed by atoms with Crippen molar-refractivity contribution < 1.29 is 4.79 Å². The zero-order chi connectivity index (χ0) is 19.8. The van der Waals surface area contributed by atoms with E-state index >= 15 is 0 Å². The lowest BCUT2D eigenvalue weighted by Crippen LogP contribution is -2.38. The third-order valence-corrected chi connectivity index (χ3v) is 7.57. The highest BCUT2D eigenvalue weighted by atomic mass is 16.1. The monoisotopic (exact) mass is 393 g/mol. The molecule has 0 unspecified atom stereocenters. The largest absolute Gasteiger partial charge is 0.344 e. The zero-order valence-corrected chi connectivity index (χ0v) is 17.9. The third kappa shape index (κ3) is 3.61. The second kappa shape index (κ2) is 8.14. The molecule has 2 aliphatic carbocycles. The van der Waals surface area contributed by atoms with Gasteiger partial charge in [-0.1, -0.05) is 32.6 Å². The summed E-state index contributed by atoms with van der Waals surface area (Å²) >= 11 is 0. The van der Waals surface area contributed by atoms with E-state index in [1.807, 2.05) is 0 Å². The number of fused-ring (bicyclic) bond motifs is 3. The number of aromatic nitrogens is 1. The van der Waals surface area contributed by atoms with Crippen molar-refractivity contribution in [2.45, 2.75) is 90.3 Å². The minimum atomic E-state index is 0.210. The Morgan fingerprint density at radius 1 is 1.10 bits per heavy atom. The van der Waals surface area contributed by atoms with Gasteiger partial charge in [0.2, 0.25) is 5.91 Å². The highest BCUT2D eigenvalue weighted by Crippen LogP contribution is 2.36. The first kappa shape index (κ1) is 19.2. The second-order valence-corrected chi connectivity index (χ2v) is 9.44. The molecule has 5 rings (SSSR count). The summed E-state index contributed by atoms with van der Waals surface area (Å²) in [7, 11) is 0. The Hall–Kier alpha value is -1.81. The van der Waals surface area contributed by atoms with Gasteiger partial charge in [-0.05, 0) is 55.9 Å². The number of hydrogen-bond acceptors (Lipinski definition) is 2. The summed E-state index contributed by atoms with van der Waals surface area (Å²) in [5.41, 5.74) is 5.38. The van der Waals surface area contributed by atoms with E-state index in [4.69, 9.17) is 0 Å². The van der Waals surface area contributed by atoms with E-state index in [1.54, 1.807) is 0 Å². The predicted octanol–water partition coefficient (Wildman–Crippen LogP) is 5.48. The molecular formula is C25H35N3O. The van der Waals surface area contributed by atoms with Crippen LogP contribution in [-0.4, -0.2) is 28.0 Å². The highest BCUT2D eigenvalue weighted by Gasteiger charge is 2.30. The van der Waals surface area contributed by atoms with Crippen LogP contribution in [0.15, 0.2) is 18.2 Å². The van der Waals surface area contributed by atoms with Crippen LogP contribution < -0.4 is 5.32 Å². The van der Waals surface area contributed by atoms with Gasteiger partial charge in [0.25, 0.3) is 0 Å². The Labute approximate surface area is 174 Å². The van der Waals surface area contributed by atoms with Crippen LogP contribution in [0.3, 0.4) is 0 Å². The van der Waals surface area contributed by atoms with E-state index in [9.17, 15) is 4.79 Å². The topological polar surface area (TPSA) is 37.3 Å². The van der Waals surface area contributed by atoms with E-state index in [1.165, 1.54) is 67.2 Å². The van der Waals surface area contributed by atoms with Crippen LogP contribution in [0.2, 0.25) is 0 Å². The maximum atomic E-state index is 12.6. The Kier molecular flexibility index (Phi) is 5.38. The number of amides is 1. The number of hydrogen-bond donors (Lipinski definition) is 1. The van der Waals surface area contributed by atoms with E-state index < -0.39 is 0 Å². The van der Waals surface area contributed by atoms with E-state index in [2.05, 4.69) is 39.9 Å². The van der Waals surface area contributed by atoms with E-state index in [0.717, 1.165) is 50.5 Å². The van der Waals surface area contributed by atoms with E-state index in [0.29, 0.717) is 0 Å². The Morgan fingerprint density at radius 2 is 1.86 bits per heavy atom. The molecule has 0 spiro atoms. The lowest BCUT2D eigenvalue weighted by molar-refractivity contribution is -0.119. The average Bonchev–Trinajstić information content (AvgIpc) is 3.50. The van der Waals surface area contributed by atoms with Crippen molar-refractivity contribution in [1.29, 1.82) is 0 Å². The number of anilines is 1. The summed E-state index contributed by atoms with van der Waals surface area (Å²) in [6.07, 6.45) is 12.3. The van der Waals surface area contributed by atoms with Crippen molar-refractivity contribution in [1.82, 2.24) is 9.47 Å². The summed E-state index contributed by atoms with van der Waals surface area (Å²) in [6, 6.07) is 7.39. The summed E-state index contributed by atoms with van der Waals surface area (Å²) in [5, 5.41) is 4.59. The van der Waals surface area contributed by atoms with Crippen molar-refractivity contribution in [3.05, 3.63) is 29.5 Å². The minimum absolute atomic E-state index is 0.210. The van der Waals surface area contributed by atoms with Crippen molar-refractivity contribution in [2.75, 3.05) is 11.9 Å². The Morgan fingerprint density at radius 3 is 2.62 bits per heavy atom. The number of benzene rings is 1. The van der Waals surface area contributed by atoms with Gasteiger partial charge in [-0.2, -0.15) is 0 Å². The smallest absolute Gasteiger partial charge is 0.227 e. The number of aryl methyl sites for hydroxylation is 1. The van der Waals surface area contributed by atoms with Crippen molar-refractivity contribution in [3.8, 4) is 0 Å². The molecule has 0 radical (unpaired) electrons. The number of nitrogens with zero attached hydrogens (tertiary/aromatic N) is 2. The standard InChI is InChI=1S/C25H35N3O/c1-2-14-28-23-12-11-19(26-25(29)18-7-3-4-8-18)16-21(23)22-17-27(15-13-24(22)28)20-9-5-6-10-20/h11-12,16,18,20H,2-10,13-15,17H2,1H3,(H,26,29). The number of carbonyl (C=O) groups is 1. The van der Waals surface area contributed by atoms with Crippen LogP contribution in [0, 0.1) is 5.92 Å². The van der Waals surface area contributed by atoms with Gasteiger partial charge in [-0.25, -0.2) is 0 Å². The molecule has 0 bridgehead atoms. The number of nitrogens with one attached hydrogen (secondary N) is 1. The molecule has 2 saturated carbocycles. The van der Waals surface area contributed by atoms with Crippen LogP contribution in [0.4, 0.5) is 5.69 Å². The molecule has 29 heavy (non-hydrogen) atoms. The zero-order valence-electron chi connectivity index (χ0n) is 17.9. The maximum absolute atomic E-state index is 12.6. The summed E-state index contributed by atoms with van der Waals surface area (Å²) in [4.78, 5) is 15.4. The lowest BCUT2D eigenvalue weighted by Gasteiger charge is -2.33. The molecule has 2 fully saturated rings. The quantitative estimate of drug-likeness (QED) is 0.730. The molecule has 156 valence electrons. The summed E-state index contributed by atoms with van der Waals surface area (Å²) in [5.74, 6) is 0.429. The highest BCUT2D eigenvalue weighted by molar-refractivity contribution is 5.96. The molecule has 2 heterocycles. The predicted molar refractivity (Wildman–Crippen MR) is 119 cm³/mol. The van der Waals surface area contributed by atoms with Gasteiger partial charge >= 0.3 is 0 Å². The molecule has 2 aromatic rings. The van der Waals surface area contributed by atoms with Gasteiger partial charge in [-0.15, -0.1) is 0 Å². The van der Waals surface area contributed by atoms with Crippen molar-refractivity contribution in [3.63, 3.8) is 0 Å². The Bertz CT molecular complexity index is 887. The molecule has 3 aliphatic rings.